The fourth-order valence-corrected chi connectivity index (χ4v) is 4.54. The molecule has 0 unspecified atom stereocenters. The van der Waals surface area contributed by atoms with Gasteiger partial charge in [-0.25, -0.2) is 4.79 Å². The normalized spacial score (nSPS) is 12.6. The molecule has 30 heavy (non-hydrogen) atoms. The lowest BCUT2D eigenvalue weighted by atomic mass is 10.1. The Morgan fingerprint density at radius 3 is 2.77 bits per heavy atom. The average molecular weight is 421 g/mol. The van der Waals surface area contributed by atoms with Gasteiger partial charge < -0.3 is 5.32 Å². The third-order valence-corrected chi connectivity index (χ3v) is 6.23. The third-order valence-electron chi connectivity index (χ3n) is 5.21. The van der Waals surface area contributed by atoms with Gasteiger partial charge in [-0.15, -0.1) is 0 Å². The van der Waals surface area contributed by atoms with Crippen molar-refractivity contribution in [3.05, 3.63) is 87.2 Å². The fraction of sp³-hybridized carbons (Fsp3) is 0.304. The zero-order valence-corrected chi connectivity index (χ0v) is 17.7. The Morgan fingerprint density at radius 1 is 1.17 bits per heavy atom. The van der Waals surface area contributed by atoms with E-state index in [0.29, 0.717) is 18.1 Å². The van der Waals surface area contributed by atoms with E-state index in [1.165, 1.54) is 17.3 Å². The second kappa shape index (κ2) is 9.26. The highest BCUT2D eigenvalue weighted by Gasteiger charge is 2.22. The summed E-state index contributed by atoms with van der Waals surface area (Å²) >= 11 is 1.35. The predicted octanol–water partition coefficient (Wildman–Crippen LogP) is 2.89. The summed E-state index contributed by atoms with van der Waals surface area (Å²) in [7, 11) is 0. The van der Waals surface area contributed by atoms with Crippen molar-refractivity contribution >= 4 is 17.7 Å². The summed E-state index contributed by atoms with van der Waals surface area (Å²) in [6.45, 7) is 3.01. The van der Waals surface area contributed by atoms with Crippen LogP contribution in [0, 0.1) is 6.92 Å². The molecule has 6 nitrogen and oxygen atoms in total. The maximum atomic E-state index is 12.7. The zero-order chi connectivity index (χ0) is 20.9. The summed E-state index contributed by atoms with van der Waals surface area (Å²) in [5.74, 6) is 0.186. The standard InChI is InChI=1S/C23H24N4O2S/c1-16-7-9-17(10-8-16)13-25-21(28)15-30-22-19-5-2-6-20(19)27(23(29)26-22)14-18-4-3-11-24-12-18/h3-4,7-12H,2,5-6,13-15H2,1H3,(H,25,28). The first-order valence-corrected chi connectivity index (χ1v) is 11.1. The van der Waals surface area contributed by atoms with Gasteiger partial charge in [-0.1, -0.05) is 47.7 Å². The van der Waals surface area contributed by atoms with Gasteiger partial charge in [-0.3, -0.25) is 14.3 Å². The van der Waals surface area contributed by atoms with E-state index < -0.39 is 0 Å². The van der Waals surface area contributed by atoms with Crippen LogP contribution in [0.4, 0.5) is 0 Å². The van der Waals surface area contributed by atoms with Crippen molar-refractivity contribution in [2.75, 3.05) is 5.75 Å². The summed E-state index contributed by atoms with van der Waals surface area (Å²) in [5, 5.41) is 3.63. The molecule has 0 fully saturated rings. The second-order valence-electron chi connectivity index (χ2n) is 7.48. The lowest BCUT2D eigenvalue weighted by Gasteiger charge is -2.14. The highest BCUT2D eigenvalue weighted by atomic mass is 32.2. The minimum atomic E-state index is -0.262. The van der Waals surface area contributed by atoms with Gasteiger partial charge in [0, 0.05) is 30.2 Å². The Morgan fingerprint density at radius 2 is 2.00 bits per heavy atom. The van der Waals surface area contributed by atoms with Crippen molar-refractivity contribution in [3.63, 3.8) is 0 Å². The third kappa shape index (κ3) is 4.79. The van der Waals surface area contributed by atoms with Crippen LogP contribution in [0.2, 0.25) is 0 Å². The van der Waals surface area contributed by atoms with Crippen molar-refractivity contribution in [1.82, 2.24) is 19.9 Å². The molecule has 3 aromatic rings. The number of nitrogens with zero attached hydrogens (tertiary/aromatic N) is 3. The summed E-state index contributed by atoms with van der Waals surface area (Å²) in [4.78, 5) is 33.4. The van der Waals surface area contributed by atoms with Gasteiger partial charge >= 0.3 is 5.69 Å². The molecule has 2 heterocycles. The maximum Gasteiger partial charge on any atom is 0.349 e. The van der Waals surface area contributed by atoms with Gasteiger partial charge in [0.2, 0.25) is 5.91 Å². The number of fused-ring (bicyclic) bond motifs is 1. The molecule has 0 radical (unpaired) electrons. The van der Waals surface area contributed by atoms with Crippen LogP contribution < -0.4 is 11.0 Å². The van der Waals surface area contributed by atoms with Gasteiger partial charge in [0.05, 0.1) is 12.3 Å². The van der Waals surface area contributed by atoms with Gasteiger partial charge in [-0.2, -0.15) is 4.98 Å². The molecule has 0 saturated carbocycles. The molecule has 0 saturated heterocycles. The van der Waals surface area contributed by atoms with Crippen molar-refractivity contribution < 1.29 is 4.79 Å². The first kappa shape index (κ1) is 20.3. The monoisotopic (exact) mass is 420 g/mol. The Hall–Kier alpha value is -2.93. The smallest absolute Gasteiger partial charge is 0.349 e. The molecule has 2 aromatic heterocycles. The molecule has 1 amide bonds. The molecular weight excluding hydrogens is 396 g/mol. The van der Waals surface area contributed by atoms with E-state index in [2.05, 4.69) is 15.3 Å². The number of thioether (sulfide) groups is 1. The van der Waals surface area contributed by atoms with Gasteiger partial charge in [-0.05, 0) is 43.4 Å². The number of aromatic nitrogens is 3. The molecule has 1 N–H and O–H groups in total. The lowest BCUT2D eigenvalue weighted by molar-refractivity contribution is -0.118. The molecule has 0 spiro atoms. The van der Waals surface area contributed by atoms with Crippen molar-refractivity contribution in [2.45, 2.75) is 44.3 Å². The molecule has 1 aromatic carbocycles. The molecule has 1 aliphatic carbocycles. The highest BCUT2D eigenvalue weighted by Crippen LogP contribution is 2.29. The van der Waals surface area contributed by atoms with Gasteiger partial charge in [0.1, 0.15) is 5.03 Å². The lowest BCUT2D eigenvalue weighted by Crippen LogP contribution is -2.28. The van der Waals surface area contributed by atoms with Gasteiger partial charge in [0.15, 0.2) is 0 Å². The van der Waals surface area contributed by atoms with E-state index in [4.69, 9.17) is 0 Å². The maximum absolute atomic E-state index is 12.7. The number of aryl methyl sites for hydroxylation is 1. The van der Waals surface area contributed by atoms with Crippen LogP contribution in [0.3, 0.4) is 0 Å². The summed E-state index contributed by atoms with van der Waals surface area (Å²) in [5.41, 5.74) is 5.12. The number of nitrogens with one attached hydrogen (secondary N) is 1. The van der Waals surface area contributed by atoms with E-state index in [-0.39, 0.29) is 17.3 Å². The molecule has 1 aliphatic rings. The number of pyridine rings is 1. The minimum Gasteiger partial charge on any atom is -0.351 e. The Bertz CT molecular complexity index is 1090. The highest BCUT2D eigenvalue weighted by molar-refractivity contribution is 7.99. The zero-order valence-electron chi connectivity index (χ0n) is 16.9. The summed E-state index contributed by atoms with van der Waals surface area (Å²) in [6.07, 6.45) is 6.25. The van der Waals surface area contributed by atoms with Crippen LogP contribution in [0.5, 0.6) is 0 Å². The number of amides is 1. The number of rotatable bonds is 7. The molecule has 154 valence electrons. The van der Waals surface area contributed by atoms with Crippen molar-refractivity contribution in [2.24, 2.45) is 0 Å². The van der Waals surface area contributed by atoms with Gasteiger partial charge in [0.25, 0.3) is 0 Å². The van der Waals surface area contributed by atoms with Crippen LogP contribution in [-0.2, 0) is 30.7 Å². The topological polar surface area (TPSA) is 76.9 Å². The van der Waals surface area contributed by atoms with Crippen LogP contribution >= 0.6 is 11.8 Å². The van der Waals surface area contributed by atoms with Crippen LogP contribution in [0.1, 0.15) is 34.4 Å². The van der Waals surface area contributed by atoms with E-state index in [9.17, 15) is 9.59 Å². The largest absolute Gasteiger partial charge is 0.351 e. The molecular formula is C23H24N4O2S. The predicted molar refractivity (Wildman–Crippen MR) is 118 cm³/mol. The Kier molecular flexibility index (Phi) is 6.28. The second-order valence-corrected chi connectivity index (χ2v) is 8.44. The molecule has 7 heteroatoms. The number of carbonyl (C=O) groups excluding carboxylic acids is 1. The first-order valence-electron chi connectivity index (χ1n) is 10.1. The van der Waals surface area contributed by atoms with E-state index in [0.717, 1.165) is 41.6 Å². The SMILES string of the molecule is Cc1ccc(CNC(=O)CSc2nc(=O)n(Cc3cccnc3)c3c2CCC3)cc1. The van der Waals surface area contributed by atoms with Crippen LogP contribution in [0.25, 0.3) is 0 Å². The van der Waals surface area contributed by atoms with Crippen molar-refractivity contribution in [1.29, 1.82) is 0 Å². The Balaban J connectivity index is 1.42. The van der Waals surface area contributed by atoms with E-state index in [1.54, 1.807) is 17.0 Å². The summed E-state index contributed by atoms with van der Waals surface area (Å²) < 4.78 is 1.75. The van der Waals surface area contributed by atoms with E-state index >= 15 is 0 Å². The fourth-order valence-electron chi connectivity index (χ4n) is 3.63. The number of benzene rings is 1. The van der Waals surface area contributed by atoms with Crippen molar-refractivity contribution in [3.8, 4) is 0 Å². The Labute approximate surface area is 179 Å². The minimum absolute atomic E-state index is 0.0614. The van der Waals surface area contributed by atoms with Crippen LogP contribution in [0.15, 0.2) is 58.6 Å². The average Bonchev–Trinajstić information content (AvgIpc) is 3.25. The first-order chi connectivity index (χ1) is 14.6. The quantitative estimate of drug-likeness (QED) is 0.470. The van der Waals surface area contributed by atoms with E-state index in [1.807, 2.05) is 43.3 Å². The summed E-state index contributed by atoms with van der Waals surface area (Å²) in [6, 6.07) is 11.9. The number of hydrogen-bond acceptors (Lipinski definition) is 5. The molecule has 0 atom stereocenters. The number of carbonyl (C=O) groups is 1. The molecule has 4 rings (SSSR count). The number of hydrogen-bond donors (Lipinski definition) is 1. The molecule has 0 aliphatic heterocycles. The molecule has 0 bridgehead atoms. The van der Waals surface area contributed by atoms with Crippen LogP contribution in [-0.4, -0.2) is 26.2 Å².